The number of benzene rings is 2. The van der Waals surface area contributed by atoms with E-state index in [1.807, 2.05) is 72.2 Å². The van der Waals surface area contributed by atoms with E-state index in [4.69, 9.17) is 16.6 Å². The van der Waals surface area contributed by atoms with Crippen LogP contribution in [-0.2, 0) is 0 Å². The number of aromatic nitrogens is 3. The molecule has 0 atom stereocenters. The van der Waals surface area contributed by atoms with E-state index in [0.29, 0.717) is 5.02 Å². The summed E-state index contributed by atoms with van der Waals surface area (Å²) in [4.78, 5) is 11.2. The van der Waals surface area contributed by atoms with Gasteiger partial charge in [0.25, 0.3) is 0 Å². The van der Waals surface area contributed by atoms with E-state index in [9.17, 15) is 0 Å². The van der Waals surface area contributed by atoms with Gasteiger partial charge in [-0.2, -0.15) is 0 Å². The maximum absolute atomic E-state index is 6.44. The monoisotopic (exact) mass is 400 g/mol. The molecule has 120 valence electrons. The number of anilines is 2. The second kappa shape index (κ2) is 5.76. The van der Waals surface area contributed by atoms with E-state index < -0.39 is 0 Å². The lowest BCUT2D eigenvalue weighted by atomic mass is 10.2. The number of hydrogen-bond acceptors (Lipinski definition) is 3. The predicted molar refractivity (Wildman–Crippen MR) is 102 cm³/mol. The predicted octanol–water partition coefficient (Wildman–Crippen LogP) is 5.37. The van der Waals surface area contributed by atoms with Crippen molar-refractivity contribution in [3.63, 3.8) is 0 Å². The Bertz CT molecular complexity index is 1050. The quantitative estimate of drug-likeness (QED) is 0.452. The van der Waals surface area contributed by atoms with Crippen molar-refractivity contribution < 1.29 is 0 Å². The summed E-state index contributed by atoms with van der Waals surface area (Å²) < 4.78 is 3.06. The van der Waals surface area contributed by atoms with Crippen LogP contribution in [0.5, 0.6) is 0 Å². The standard InChI is InChI=1S/C18H14BrClN4/c1-11-4-3-5-13(20)17(11)23(2)18-16-9-21-10-24(16)15-8-12(19)6-7-14(15)22-18/h3-10H,1-2H3. The van der Waals surface area contributed by atoms with Gasteiger partial charge in [-0.05, 0) is 36.8 Å². The van der Waals surface area contributed by atoms with Gasteiger partial charge in [0, 0.05) is 11.5 Å². The number of rotatable bonds is 2. The van der Waals surface area contributed by atoms with Gasteiger partial charge in [-0.1, -0.05) is 39.7 Å². The van der Waals surface area contributed by atoms with Crippen molar-refractivity contribution in [2.45, 2.75) is 6.92 Å². The molecule has 0 aliphatic rings. The highest BCUT2D eigenvalue weighted by molar-refractivity contribution is 9.10. The molecular weight excluding hydrogens is 388 g/mol. The maximum Gasteiger partial charge on any atom is 0.159 e. The summed E-state index contributed by atoms with van der Waals surface area (Å²) in [5.74, 6) is 0.818. The Labute approximate surface area is 152 Å². The molecule has 0 fully saturated rings. The van der Waals surface area contributed by atoms with Gasteiger partial charge in [0.1, 0.15) is 5.52 Å². The molecule has 0 aliphatic carbocycles. The zero-order valence-corrected chi connectivity index (χ0v) is 15.5. The van der Waals surface area contributed by atoms with Crippen LogP contribution in [0.1, 0.15) is 5.56 Å². The number of halogens is 2. The Morgan fingerprint density at radius 2 is 2.00 bits per heavy atom. The topological polar surface area (TPSA) is 33.4 Å². The van der Waals surface area contributed by atoms with Gasteiger partial charge >= 0.3 is 0 Å². The lowest BCUT2D eigenvalue weighted by Crippen LogP contribution is -2.14. The minimum atomic E-state index is 0.702. The van der Waals surface area contributed by atoms with E-state index in [0.717, 1.165) is 38.1 Å². The van der Waals surface area contributed by atoms with Crippen molar-refractivity contribution in [2.24, 2.45) is 0 Å². The van der Waals surface area contributed by atoms with Crippen LogP contribution >= 0.6 is 27.5 Å². The third-order valence-corrected chi connectivity index (χ3v) is 4.93. The second-order valence-corrected chi connectivity index (χ2v) is 7.00. The third kappa shape index (κ3) is 2.36. The van der Waals surface area contributed by atoms with Crippen molar-refractivity contribution in [3.8, 4) is 0 Å². The van der Waals surface area contributed by atoms with Gasteiger partial charge < -0.3 is 4.90 Å². The Balaban J connectivity index is 2.02. The fourth-order valence-electron chi connectivity index (χ4n) is 3.01. The summed E-state index contributed by atoms with van der Waals surface area (Å²) in [5, 5.41) is 0.702. The van der Waals surface area contributed by atoms with Gasteiger partial charge in [0.2, 0.25) is 0 Å². The number of fused-ring (bicyclic) bond motifs is 3. The minimum Gasteiger partial charge on any atom is -0.326 e. The number of hydrogen-bond donors (Lipinski definition) is 0. The largest absolute Gasteiger partial charge is 0.326 e. The molecule has 0 spiro atoms. The van der Waals surface area contributed by atoms with E-state index in [2.05, 4.69) is 20.9 Å². The zero-order chi connectivity index (χ0) is 16.8. The fraction of sp³-hybridized carbons (Fsp3) is 0.111. The molecule has 6 heteroatoms. The van der Waals surface area contributed by atoms with Crippen LogP contribution in [0.3, 0.4) is 0 Å². The second-order valence-electron chi connectivity index (χ2n) is 5.68. The van der Waals surface area contributed by atoms with E-state index >= 15 is 0 Å². The summed E-state index contributed by atoms with van der Waals surface area (Å²) in [6.07, 6.45) is 3.63. The van der Waals surface area contributed by atoms with E-state index in [-0.39, 0.29) is 0 Å². The van der Waals surface area contributed by atoms with Gasteiger partial charge in [0.05, 0.1) is 34.3 Å². The van der Waals surface area contributed by atoms with E-state index in [1.54, 1.807) is 0 Å². The summed E-state index contributed by atoms with van der Waals surface area (Å²) in [7, 11) is 1.98. The van der Waals surface area contributed by atoms with Crippen LogP contribution in [0, 0.1) is 6.92 Å². The number of imidazole rings is 1. The summed E-state index contributed by atoms with van der Waals surface area (Å²) >= 11 is 9.96. The summed E-state index contributed by atoms with van der Waals surface area (Å²) in [6, 6.07) is 11.9. The van der Waals surface area contributed by atoms with Gasteiger partial charge in [0.15, 0.2) is 5.82 Å². The normalized spacial score (nSPS) is 11.3. The Morgan fingerprint density at radius 1 is 1.17 bits per heavy atom. The van der Waals surface area contributed by atoms with Gasteiger partial charge in [-0.15, -0.1) is 0 Å². The van der Waals surface area contributed by atoms with Crippen LogP contribution in [0.4, 0.5) is 11.5 Å². The van der Waals surface area contributed by atoms with Crippen LogP contribution in [-0.4, -0.2) is 21.4 Å². The summed E-state index contributed by atoms with van der Waals surface area (Å²) in [5.41, 5.74) is 4.88. The molecule has 0 unspecified atom stereocenters. The van der Waals surface area contributed by atoms with Crippen LogP contribution in [0.25, 0.3) is 16.6 Å². The minimum absolute atomic E-state index is 0.702. The highest BCUT2D eigenvalue weighted by Gasteiger charge is 2.17. The Kier molecular flexibility index (Phi) is 3.70. The third-order valence-electron chi connectivity index (χ3n) is 4.13. The molecule has 4 aromatic rings. The maximum atomic E-state index is 6.44. The fourth-order valence-corrected chi connectivity index (χ4v) is 3.71. The Hall–Kier alpha value is -2.11. The molecule has 2 aromatic carbocycles. The first-order valence-electron chi connectivity index (χ1n) is 7.46. The van der Waals surface area contributed by atoms with Crippen LogP contribution in [0.15, 0.2) is 53.4 Å². The summed E-state index contributed by atoms with van der Waals surface area (Å²) in [6.45, 7) is 2.05. The van der Waals surface area contributed by atoms with Crippen molar-refractivity contribution in [2.75, 3.05) is 11.9 Å². The first-order valence-corrected chi connectivity index (χ1v) is 8.63. The number of nitrogens with zero attached hydrogens (tertiary/aromatic N) is 4. The Morgan fingerprint density at radius 3 is 2.79 bits per heavy atom. The molecule has 0 amide bonds. The molecular formula is C18H14BrClN4. The molecule has 2 aromatic heterocycles. The molecule has 0 aliphatic heterocycles. The van der Waals surface area contributed by atoms with E-state index in [1.165, 1.54) is 0 Å². The van der Waals surface area contributed by atoms with Crippen LogP contribution in [0.2, 0.25) is 5.02 Å². The van der Waals surface area contributed by atoms with Crippen molar-refractivity contribution in [1.82, 2.24) is 14.4 Å². The molecule has 0 bridgehead atoms. The molecule has 24 heavy (non-hydrogen) atoms. The molecule has 0 radical (unpaired) electrons. The molecule has 0 saturated carbocycles. The molecule has 2 heterocycles. The molecule has 0 N–H and O–H groups in total. The first-order chi connectivity index (χ1) is 11.6. The number of para-hydroxylation sites is 1. The van der Waals surface area contributed by atoms with Gasteiger partial charge in [-0.25, -0.2) is 9.97 Å². The van der Waals surface area contributed by atoms with Crippen molar-refractivity contribution in [3.05, 3.63) is 64.0 Å². The molecule has 4 rings (SSSR count). The SMILES string of the molecule is Cc1cccc(Cl)c1N(C)c1nc2ccc(Br)cc2n2cncc12. The van der Waals surface area contributed by atoms with Gasteiger partial charge in [-0.3, -0.25) is 4.40 Å². The lowest BCUT2D eigenvalue weighted by Gasteiger charge is -2.23. The number of aryl methyl sites for hydroxylation is 1. The lowest BCUT2D eigenvalue weighted by molar-refractivity contribution is 1.11. The molecule has 4 nitrogen and oxygen atoms in total. The van der Waals surface area contributed by atoms with Crippen molar-refractivity contribution >= 4 is 55.6 Å². The highest BCUT2D eigenvalue weighted by Crippen LogP contribution is 2.35. The zero-order valence-electron chi connectivity index (χ0n) is 13.2. The van der Waals surface area contributed by atoms with Crippen molar-refractivity contribution in [1.29, 1.82) is 0 Å². The van der Waals surface area contributed by atoms with Crippen LogP contribution < -0.4 is 4.90 Å². The first kappa shape index (κ1) is 15.4. The highest BCUT2D eigenvalue weighted by atomic mass is 79.9. The average Bonchev–Trinajstić information content (AvgIpc) is 3.04. The molecule has 0 saturated heterocycles. The smallest absolute Gasteiger partial charge is 0.159 e. The average molecular weight is 402 g/mol.